The van der Waals surface area contributed by atoms with Gasteiger partial charge in [-0.3, -0.25) is 0 Å². The zero-order chi connectivity index (χ0) is 9.54. The van der Waals surface area contributed by atoms with E-state index < -0.39 is 0 Å². The van der Waals surface area contributed by atoms with Gasteiger partial charge in [-0.25, -0.2) is 0 Å². The van der Waals surface area contributed by atoms with Crippen molar-refractivity contribution in [1.29, 1.82) is 0 Å². The van der Waals surface area contributed by atoms with Gasteiger partial charge in [-0.2, -0.15) is 0 Å². The van der Waals surface area contributed by atoms with Crippen molar-refractivity contribution >= 4 is 0 Å². The standard InChI is InChI=1S/C13H20O/c1-2-3-14-13-11-5-9-4-10(7-11)8-12(13)6-9/h2-3,9-13H,4-8H2,1H3. The summed E-state index contributed by atoms with van der Waals surface area (Å²) in [5.74, 6) is 3.90. The fraction of sp³-hybridized carbons (Fsp3) is 0.846. The third-order valence-electron chi connectivity index (χ3n) is 4.51. The van der Waals surface area contributed by atoms with Crippen LogP contribution in [0.5, 0.6) is 0 Å². The Bertz CT molecular complexity index is 216. The van der Waals surface area contributed by atoms with Crippen LogP contribution in [-0.4, -0.2) is 6.10 Å². The van der Waals surface area contributed by atoms with Crippen molar-refractivity contribution in [2.75, 3.05) is 0 Å². The zero-order valence-electron chi connectivity index (χ0n) is 8.99. The fourth-order valence-electron chi connectivity index (χ4n) is 4.27. The largest absolute Gasteiger partial charge is 0.498 e. The first-order chi connectivity index (χ1) is 6.86. The van der Waals surface area contributed by atoms with Gasteiger partial charge < -0.3 is 4.74 Å². The Balaban J connectivity index is 1.74. The Hall–Kier alpha value is -0.460. The summed E-state index contributed by atoms with van der Waals surface area (Å²) in [6, 6.07) is 0. The number of ether oxygens (including phenoxy) is 1. The van der Waals surface area contributed by atoms with Crippen molar-refractivity contribution in [3.8, 4) is 0 Å². The number of hydrogen-bond donors (Lipinski definition) is 0. The van der Waals surface area contributed by atoms with Gasteiger partial charge in [0.25, 0.3) is 0 Å². The molecule has 4 aliphatic rings. The first kappa shape index (κ1) is 8.82. The molecule has 1 nitrogen and oxygen atoms in total. The first-order valence-corrected chi connectivity index (χ1v) is 6.13. The third-order valence-corrected chi connectivity index (χ3v) is 4.51. The summed E-state index contributed by atoms with van der Waals surface area (Å²) >= 11 is 0. The van der Waals surface area contributed by atoms with Crippen LogP contribution in [0.4, 0.5) is 0 Å². The van der Waals surface area contributed by atoms with Gasteiger partial charge in [0.15, 0.2) is 0 Å². The van der Waals surface area contributed by atoms with E-state index in [-0.39, 0.29) is 0 Å². The molecule has 0 heterocycles. The summed E-state index contributed by atoms with van der Waals surface area (Å²) in [6.07, 6.45) is 11.8. The minimum Gasteiger partial charge on any atom is -0.498 e. The van der Waals surface area contributed by atoms with Crippen LogP contribution >= 0.6 is 0 Å². The quantitative estimate of drug-likeness (QED) is 0.610. The first-order valence-electron chi connectivity index (χ1n) is 6.13. The number of allylic oxidation sites excluding steroid dienone is 1. The van der Waals surface area contributed by atoms with Crippen LogP contribution in [0, 0.1) is 23.7 Å². The summed E-state index contributed by atoms with van der Waals surface area (Å²) in [5.41, 5.74) is 0. The van der Waals surface area contributed by atoms with E-state index in [2.05, 4.69) is 0 Å². The molecule has 0 atom stereocenters. The molecule has 4 saturated carbocycles. The van der Waals surface area contributed by atoms with Crippen molar-refractivity contribution in [3.05, 3.63) is 12.3 Å². The Morgan fingerprint density at radius 3 is 2.00 bits per heavy atom. The minimum absolute atomic E-state index is 0.569. The van der Waals surface area contributed by atoms with E-state index in [1.54, 1.807) is 0 Å². The molecular weight excluding hydrogens is 172 g/mol. The van der Waals surface area contributed by atoms with Gasteiger partial charge in [0.2, 0.25) is 0 Å². The lowest BCUT2D eigenvalue weighted by atomic mass is 9.55. The molecule has 1 heteroatoms. The highest BCUT2D eigenvalue weighted by atomic mass is 16.5. The van der Waals surface area contributed by atoms with E-state index >= 15 is 0 Å². The molecule has 0 aromatic carbocycles. The maximum absolute atomic E-state index is 5.89. The molecule has 0 N–H and O–H groups in total. The van der Waals surface area contributed by atoms with Crippen molar-refractivity contribution in [3.63, 3.8) is 0 Å². The van der Waals surface area contributed by atoms with E-state index in [9.17, 15) is 0 Å². The Morgan fingerprint density at radius 1 is 0.929 bits per heavy atom. The highest BCUT2D eigenvalue weighted by Gasteiger charge is 2.48. The Morgan fingerprint density at radius 2 is 1.50 bits per heavy atom. The van der Waals surface area contributed by atoms with Gasteiger partial charge in [0.05, 0.1) is 6.26 Å². The topological polar surface area (TPSA) is 9.23 Å². The molecule has 0 spiro atoms. The summed E-state index contributed by atoms with van der Waals surface area (Å²) in [4.78, 5) is 0. The van der Waals surface area contributed by atoms with Crippen LogP contribution in [0.3, 0.4) is 0 Å². The second-order valence-corrected chi connectivity index (χ2v) is 5.50. The third kappa shape index (κ3) is 1.29. The highest BCUT2D eigenvalue weighted by molar-refractivity contribution is 4.99. The summed E-state index contributed by atoms with van der Waals surface area (Å²) < 4.78 is 5.89. The SMILES string of the molecule is CC=COC1C2CC3CC(C2)CC1C3. The highest BCUT2D eigenvalue weighted by Crippen LogP contribution is 2.54. The van der Waals surface area contributed by atoms with Crippen molar-refractivity contribution in [2.24, 2.45) is 23.7 Å². The maximum atomic E-state index is 5.89. The molecule has 4 rings (SSSR count). The Labute approximate surface area is 86.5 Å². The molecule has 14 heavy (non-hydrogen) atoms. The normalized spacial score (nSPS) is 50.2. The van der Waals surface area contributed by atoms with Crippen LogP contribution in [-0.2, 0) is 4.74 Å². The lowest BCUT2D eigenvalue weighted by Gasteiger charge is -2.53. The molecule has 0 radical (unpaired) electrons. The maximum Gasteiger partial charge on any atom is 0.103 e. The van der Waals surface area contributed by atoms with Gasteiger partial charge in [-0.15, -0.1) is 0 Å². The molecule has 0 saturated heterocycles. The predicted octanol–water partition coefficient (Wildman–Crippen LogP) is 3.36. The van der Waals surface area contributed by atoms with Crippen LogP contribution in [0.2, 0.25) is 0 Å². The lowest BCUT2D eigenvalue weighted by Crippen LogP contribution is -2.48. The lowest BCUT2D eigenvalue weighted by molar-refractivity contribution is -0.0973. The fourth-order valence-corrected chi connectivity index (χ4v) is 4.27. The van der Waals surface area contributed by atoms with Crippen molar-refractivity contribution in [2.45, 2.75) is 45.1 Å². The van der Waals surface area contributed by atoms with Crippen molar-refractivity contribution < 1.29 is 4.74 Å². The number of rotatable bonds is 2. The molecule has 0 unspecified atom stereocenters. The van der Waals surface area contributed by atoms with Gasteiger partial charge in [-0.1, -0.05) is 6.08 Å². The van der Waals surface area contributed by atoms with Crippen LogP contribution in [0.25, 0.3) is 0 Å². The molecule has 78 valence electrons. The van der Waals surface area contributed by atoms with Gasteiger partial charge in [-0.05, 0) is 62.7 Å². The van der Waals surface area contributed by atoms with Gasteiger partial charge in [0.1, 0.15) is 6.10 Å². The molecule has 4 bridgehead atoms. The van der Waals surface area contributed by atoms with Crippen LogP contribution in [0.1, 0.15) is 39.0 Å². The average Bonchev–Trinajstić information content (AvgIpc) is 2.15. The number of hydrogen-bond acceptors (Lipinski definition) is 1. The van der Waals surface area contributed by atoms with E-state index in [1.807, 2.05) is 19.3 Å². The Kier molecular flexibility index (Phi) is 2.07. The monoisotopic (exact) mass is 192 g/mol. The molecule has 4 aliphatic carbocycles. The van der Waals surface area contributed by atoms with Gasteiger partial charge in [0, 0.05) is 0 Å². The summed E-state index contributed by atoms with van der Waals surface area (Å²) in [7, 11) is 0. The summed E-state index contributed by atoms with van der Waals surface area (Å²) in [5, 5.41) is 0. The van der Waals surface area contributed by atoms with E-state index in [4.69, 9.17) is 4.74 Å². The molecule has 4 fully saturated rings. The molecule has 0 aromatic rings. The van der Waals surface area contributed by atoms with E-state index in [0.717, 1.165) is 23.7 Å². The molecule has 0 aliphatic heterocycles. The van der Waals surface area contributed by atoms with Crippen molar-refractivity contribution in [1.82, 2.24) is 0 Å². The predicted molar refractivity (Wildman–Crippen MR) is 56.7 cm³/mol. The smallest absolute Gasteiger partial charge is 0.103 e. The minimum atomic E-state index is 0.569. The summed E-state index contributed by atoms with van der Waals surface area (Å²) in [6.45, 7) is 2.04. The van der Waals surface area contributed by atoms with Crippen LogP contribution < -0.4 is 0 Å². The molecule has 0 amide bonds. The average molecular weight is 192 g/mol. The van der Waals surface area contributed by atoms with E-state index in [0.29, 0.717) is 6.10 Å². The molecular formula is C13H20O. The van der Waals surface area contributed by atoms with Gasteiger partial charge >= 0.3 is 0 Å². The second kappa shape index (κ2) is 3.29. The second-order valence-electron chi connectivity index (χ2n) is 5.50. The van der Waals surface area contributed by atoms with E-state index in [1.165, 1.54) is 32.1 Å². The zero-order valence-corrected chi connectivity index (χ0v) is 8.99. The van der Waals surface area contributed by atoms with Crippen LogP contribution in [0.15, 0.2) is 12.3 Å². The molecule has 0 aromatic heterocycles.